The number of sulfone groups is 1. The number of rotatable bonds is 2. The molecule has 0 aliphatic carbocycles. The lowest BCUT2D eigenvalue weighted by Gasteiger charge is -2.17. The van der Waals surface area contributed by atoms with Crippen LogP contribution in [-0.4, -0.2) is 48.2 Å². The van der Waals surface area contributed by atoms with Crippen molar-refractivity contribution < 1.29 is 18.0 Å². The third kappa shape index (κ3) is 2.23. The molecule has 7 heteroatoms. The Balaban J connectivity index is 1.76. The fourth-order valence-corrected chi connectivity index (χ4v) is 5.47. The van der Waals surface area contributed by atoms with Gasteiger partial charge in [-0.15, -0.1) is 0 Å². The van der Waals surface area contributed by atoms with Crippen molar-refractivity contribution in [2.24, 2.45) is 5.92 Å². The first-order chi connectivity index (χ1) is 11.4. The van der Waals surface area contributed by atoms with E-state index in [-0.39, 0.29) is 35.8 Å². The van der Waals surface area contributed by atoms with E-state index in [1.807, 2.05) is 18.2 Å². The number of amides is 2. The average molecular weight is 344 g/mol. The number of para-hydroxylation sites is 1. The zero-order valence-electron chi connectivity index (χ0n) is 13.2. The van der Waals surface area contributed by atoms with Crippen molar-refractivity contribution in [3.05, 3.63) is 41.1 Å². The van der Waals surface area contributed by atoms with Crippen LogP contribution < -0.4 is 0 Å². The molecule has 1 saturated heterocycles. The molecule has 1 aromatic heterocycles. The van der Waals surface area contributed by atoms with Crippen molar-refractivity contribution in [3.8, 4) is 0 Å². The molecule has 124 valence electrons. The fraction of sp³-hybridized carbons (Fsp3) is 0.353. The molecule has 2 amide bonds. The summed E-state index contributed by atoms with van der Waals surface area (Å²) in [6, 6.07) is 7.25. The number of carbonyl (C=O) groups excluding carboxylic acids is 2. The smallest absolute Gasteiger partial charge is 0.263 e. The van der Waals surface area contributed by atoms with Crippen LogP contribution in [0.25, 0.3) is 10.9 Å². The highest BCUT2D eigenvalue weighted by Crippen LogP contribution is 2.32. The Labute approximate surface area is 139 Å². The van der Waals surface area contributed by atoms with Gasteiger partial charge in [0.25, 0.3) is 11.8 Å². The van der Waals surface area contributed by atoms with Gasteiger partial charge in [-0.3, -0.25) is 19.5 Å². The second kappa shape index (κ2) is 5.11. The number of hydrogen-bond acceptors (Lipinski definition) is 5. The topological polar surface area (TPSA) is 84.4 Å². The summed E-state index contributed by atoms with van der Waals surface area (Å²) >= 11 is 0. The number of benzene rings is 1. The van der Waals surface area contributed by atoms with E-state index in [4.69, 9.17) is 0 Å². The summed E-state index contributed by atoms with van der Waals surface area (Å²) in [5, 5.41) is 0.665. The summed E-state index contributed by atoms with van der Waals surface area (Å²) in [5.41, 5.74) is 1.95. The Kier molecular flexibility index (Phi) is 3.25. The zero-order valence-corrected chi connectivity index (χ0v) is 14.0. The summed E-state index contributed by atoms with van der Waals surface area (Å²) in [7, 11) is -3.04. The molecule has 6 nitrogen and oxygen atoms in total. The molecule has 2 aromatic rings. The van der Waals surface area contributed by atoms with Crippen molar-refractivity contribution >= 4 is 32.6 Å². The Bertz CT molecular complexity index is 997. The van der Waals surface area contributed by atoms with Crippen LogP contribution in [0, 0.1) is 12.8 Å². The molecule has 0 radical (unpaired) electrons. The minimum Gasteiger partial charge on any atom is -0.274 e. The minimum absolute atomic E-state index is 0.0401. The van der Waals surface area contributed by atoms with Gasteiger partial charge in [0.1, 0.15) is 0 Å². The summed E-state index contributed by atoms with van der Waals surface area (Å²) in [6.45, 7) is 1.87. The van der Waals surface area contributed by atoms with Gasteiger partial charge in [0, 0.05) is 11.9 Å². The van der Waals surface area contributed by atoms with Gasteiger partial charge in [-0.05, 0) is 25.3 Å². The highest BCUT2D eigenvalue weighted by molar-refractivity contribution is 7.91. The largest absolute Gasteiger partial charge is 0.274 e. The van der Waals surface area contributed by atoms with Crippen molar-refractivity contribution in [1.82, 2.24) is 9.88 Å². The predicted molar refractivity (Wildman–Crippen MR) is 88.6 cm³/mol. The maximum absolute atomic E-state index is 12.9. The van der Waals surface area contributed by atoms with E-state index in [1.54, 1.807) is 13.0 Å². The molecule has 1 unspecified atom stereocenters. The number of nitrogens with zero attached hydrogens (tertiary/aromatic N) is 2. The number of carbonyl (C=O) groups is 2. The first-order valence-electron chi connectivity index (χ1n) is 7.83. The van der Waals surface area contributed by atoms with Crippen LogP contribution in [0.15, 0.2) is 24.3 Å². The van der Waals surface area contributed by atoms with Gasteiger partial charge in [0.05, 0.1) is 33.8 Å². The van der Waals surface area contributed by atoms with Gasteiger partial charge >= 0.3 is 0 Å². The summed E-state index contributed by atoms with van der Waals surface area (Å²) in [5.74, 6) is -0.726. The first kappa shape index (κ1) is 15.3. The average Bonchev–Trinajstić information content (AvgIpc) is 3.00. The number of aryl methyl sites for hydroxylation is 1. The molecule has 3 heterocycles. The summed E-state index contributed by atoms with van der Waals surface area (Å²) in [4.78, 5) is 31.2. The fourth-order valence-electron chi connectivity index (χ4n) is 3.62. The summed E-state index contributed by atoms with van der Waals surface area (Å²) < 4.78 is 23.3. The molecule has 2 aliphatic rings. The van der Waals surface area contributed by atoms with Gasteiger partial charge in [0.2, 0.25) is 0 Å². The normalized spacial score (nSPS) is 22.4. The third-order valence-corrected chi connectivity index (χ3v) is 6.60. The lowest BCUT2D eigenvalue weighted by molar-refractivity contribution is 0.0634. The maximum atomic E-state index is 12.9. The molecule has 0 spiro atoms. The van der Waals surface area contributed by atoms with Gasteiger partial charge in [-0.25, -0.2) is 8.42 Å². The van der Waals surface area contributed by atoms with Crippen molar-refractivity contribution in [2.45, 2.75) is 13.3 Å². The Morgan fingerprint density at radius 2 is 1.88 bits per heavy atom. The molecule has 1 atom stereocenters. The van der Waals surface area contributed by atoms with Gasteiger partial charge in [-0.1, -0.05) is 18.2 Å². The van der Waals surface area contributed by atoms with Crippen LogP contribution in [0.4, 0.5) is 0 Å². The predicted octanol–water partition coefficient (Wildman–Crippen LogP) is 1.57. The zero-order chi connectivity index (χ0) is 17.1. The molecule has 4 rings (SSSR count). The van der Waals surface area contributed by atoms with E-state index in [9.17, 15) is 18.0 Å². The van der Waals surface area contributed by atoms with Crippen LogP contribution in [0.3, 0.4) is 0 Å². The molecular formula is C17H16N2O4S. The Morgan fingerprint density at radius 3 is 2.58 bits per heavy atom. The highest BCUT2D eigenvalue weighted by Gasteiger charge is 2.41. The minimum atomic E-state index is -3.04. The molecule has 1 fully saturated rings. The van der Waals surface area contributed by atoms with E-state index >= 15 is 0 Å². The molecule has 2 aliphatic heterocycles. The van der Waals surface area contributed by atoms with Crippen LogP contribution in [0.5, 0.6) is 0 Å². The second-order valence-corrected chi connectivity index (χ2v) is 8.68. The molecule has 1 aromatic carbocycles. The van der Waals surface area contributed by atoms with E-state index in [0.29, 0.717) is 34.1 Å². The van der Waals surface area contributed by atoms with Crippen molar-refractivity contribution in [2.75, 3.05) is 18.1 Å². The van der Waals surface area contributed by atoms with Crippen LogP contribution in [0.2, 0.25) is 0 Å². The number of hydrogen-bond donors (Lipinski definition) is 0. The van der Waals surface area contributed by atoms with Gasteiger partial charge in [0.15, 0.2) is 9.84 Å². The number of fused-ring (bicyclic) bond motifs is 3. The Morgan fingerprint density at radius 1 is 1.17 bits per heavy atom. The Hall–Kier alpha value is -2.28. The lowest BCUT2D eigenvalue weighted by Crippen LogP contribution is -2.35. The number of imide groups is 1. The number of aromatic nitrogens is 1. The maximum Gasteiger partial charge on any atom is 0.263 e. The van der Waals surface area contributed by atoms with Crippen LogP contribution >= 0.6 is 0 Å². The van der Waals surface area contributed by atoms with Gasteiger partial charge in [-0.2, -0.15) is 0 Å². The highest BCUT2D eigenvalue weighted by atomic mass is 32.2. The molecule has 0 saturated carbocycles. The quantitative estimate of drug-likeness (QED) is 0.772. The van der Waals surface area contributed by atoms with E-state index < -0.39 is 9.84 Å². The van der Waals surface area contributed by atoms with Crippen molar-refractivity contribution in [1.29, 1.82) is 0 Å². The standard InChI is InChI=1S/C17H16N2O4S/c1-10-14-15(12-4-2-3-5-13(12)18-10)17(21)19(16(14)20)8-11-6-7-24(22,23)9-11/h2-5,11H,6-9H2,1H3. The molecule has 0 bridgehead atoms. The van der Waals surface area contributed by atoms with E-state index in [0.717, 1.165) is 0 Å². The monoisotopic (exact) mass is 344 g/mol. The third-order valence-electron chi connectivity index (χ3n) is 4.76. The first-order valence-corrected chi connectivity index (χ1v) is 9.65. The lowest BCUT2D eigenvalue weighted by atomic mass is 10.0. The summed E-state index contributed by atoms with van der Waals surface area (Å²) in [6.07, 6.45) is 0.494. The SMILES string of the molecule is Cc1nc2ccccc2c2c1C(=O)N(CC1CCS(=O)(=O)C1)C2=O. The second-order valence-electron chi connectivity index (χ2n) is 6.45. The molecule has 0 N–H and O–H groups in total. The molecular weight excluding hydrogens is 328 g/mol. The number of pyridine rings is 1. The van der Waals surface area contributed by atoms with Gasteiger partial charge < -0.3 is 0 Å². The van der Waals surface area contributed by atoms with E-state index in [1.165, 1.54) is 4.90 Å². The van der Waals surface area contributed by atoms with Crippen LogP contribution in [-0.2, 0) is 9.84 Å². The van der Waals surface area contributed by atoms with E-state index in [2.05, 4.69) is 4.98 Å². The van der Waals surface area contributed by atoms with Crippen LogP contribution in [0.1, 0.15) is 32.8 Å². The van der Waals surface area contributed by atoms with Crippen molar-refractivity contribution in [3.63, 3.8) is 0 Å². The molecule has 24 heavy (non-hydrogen) atoms.